The molecule has 0 aliphatic rings. The van der Waals surface area contributed by atoms with Crippen molar-refractivity contribution in [3.8, 4) is 11.4 Å². The number of anilines is 1. The van der Waals surface area contributed by atoms with E-state index >= 15 is 0 Å². The first-order valence-corrected chi connectivity index (χ1v) is 7.13. The Labute approximate surface area is 132 Å². The third kappa shape index (κ3) is 3.13. The van der Waals surface area contributed by atoms with Crippen LogP contribution in [0.1, 0.15) is 18.5 Å². The highest BCUT2D eigenvalue weighted by molar-refractivity contribution is 5.41. The van der Waals surface area contributed by atoms with Gasteiger partial charge in [-0.05, 0) is 47.2 Å². The molecule has 0 fully saturated rings. The van der Waals surface area contributed by atoms with Crippen molar-refractivity contribution in [2.75, 3.05) is 12.4 Å². The zero-order chi connectivity index (χ0) is 16.2. The van der Waals surface area contributed by atoms with Crippen molar-refractivity contribution in [3.63, 3.8) is 0 Å². The monoisotopic (exact) mass is 313 g/mol. The number of nitrogens with zero attached hydrogens (tertiary/aromatic N) is 4. The molecule has 0 saturated carbocycles. The Morgan fingerprint density at radius 2 is 1.96 bits per heavy atom. The van der Waals surface area contributed by atoms with E-state index in [1.165, 1.54) is 13.2 Å². The average molecular weight is 313 g/mol. The molecule has 0 amide bonds. The second-order valence-corrected chi connectivity index (χ2v) is 5.01. The Morgan fingerprint density at radius 3 is 2.65 bits per heavy atom. The van der Waals surface area contributed by atoms with E-state index < -0.39 is 5.82 Å². The quantitative estimate of drug-likeness (QED) is 0.784. The number of halogens is 1. The first kappa shape index (κ1) is 15.0. The number of tetrazole rings is 1. The Hall–Kier alpha value is -2.96. The molecule has 0 saturated heterocycles. The van der Waals surface area contributed by atoms with Gasteiger partial charge in [0.15, 0.2) is 11.6 Å². The number of methoxy groups -OCH3 is 1. The molecule has 6 nitrogen and oxygen atoms in total. The minimum atomic E-state index is -0.402. The summed E-state index contributed by atoms with van der Waals surface area (Å²) in [5, 5.41) is 14.8. The summed E-state index contributed by atoms with van der Waals surface area (Å²) in [6, 6.07) is 14.2. The Kier molecular flexibility index (Phi) is 4.18. The van der Waals surface area contributed by atoms with Crippen molar-refractivity contribution in [2.24, 2.45) is 0 Å². The van der Waals surface area contributed by atoms with Crippen LogP contribution in [0.15, 0.2) is 48.5 Å². The van der Waals surface area contributed by atoms with Gasteiger partial charge in [-0.1, -0.05) is 29.4 Å². The van der Waals surface area contributed by atoms with Crippen molar-refractivity contribution < 1.29 is 9.13 Å². The van der Waals surface area contributed by atoms with Crippen molar-refractivity contribution in [1.29, 1.82) is 0 Å². The van der Waals surface area contributed by atoms with Crippen molar-refractivity contribution in [3.05, 3.63) is 59.9 Å². The van der Waals surface area contributed by atoms with E-state index in [0.29, 0.717) is 5.95 Å². The van der Waals surface area contributed by atoms with Crippen LogP contribution in [0.2, 0.25) is 0 Å². The Bertz CT molecular complexity index is 790. The molecule has 0 bridgehead atoms. The van der Waals surface area contributed by atoms with E-state index in [0.717, 1.165) is 11.3 Å². The molecule has 1 aromatic heterocycles. The largest absolute Gasteiger partial charge is 0.494 e. The summed E-state index contributed by atoms with van der Waals surface area (Å²) in [5.41, 5.74) is 1.61. The number of para-hydroxylation sites is 1. The fourth-order valence-electron chi connectivity index (χ4n) is 2.25. The van der Waals surface area contributed by atoms with Crippen LogP contribution < -0.4 is 10.1 Å². The van der Waals surface area contributed by atoms with Gasteiger partial charge in [0.1, 0.15) is 0 Å². The lowest BCUT2D eigenvalue weighted by atomic mass is 10.1. The maximum absolute atomic E-state index is 13.8. The predicted octanol–water partition coefficient (Wildman–Crippen LogP) is 2.98. The standard InChI is InChI=1S/C16H16FN5O/c1-11(12-8-9-15(23-2)14(17)10-12)18-16-19-20-21-22(16)13-6-4-3-5-7-13/h3-11H,1-2H3,(H,18,19,21)/t11-/m0/s1. The molecule has 0 aliphatic heterocycles. The molecule has 0 aliphatic carbocycles. The van der Waals surface area contributed by atoms with E-state index in [-0.39, 0.29) is 11.8 Å². The van der Waals surface area contributed by atoms with Gasteiger partial charge >= 0.3 is 0 Å². The molecule has 7 heteroatoms. The summed E-state index contributed by atoms with van der Waals surface area (Å²) in [6.07, 6.45) is 0. The minimum Gasteiger partial charge on any atom is -0.494 e. The van der Waals surface area contributed by atoms with Gasteiger partial charge in [-0.2, -0.15) is 4.68 Å². The zero-order valence-corrected chi connectivity index (χ0v) is 12.8. The van der Waals surface area contributed by atoms with E-state index in [1.54, 1.807) is 16.8 Å². The smallest absolute Gasteiger partial charge is 0.248 e. The van der Waals surface area contributed by atoms with Crippen LogP contribution in [-0.2, 0) is 0 Å². The average Bonchev–Trinajstić information content (AvgIpc) is 3.03. The van der Waals surface area contributed by atoms with Crippen molar-refractivity contribution in [2.45, 2.75) is 13.0 Å². The third-order valence-corrected chi connectivity index (χ3v) is 3.49. The molecule has 1 heterocycles. The lowest BCUT2D eigenvalue weighted by Crippen LogP contribution is -2.12. The van der Waals surface area contributed by atoms with Gasteiger partial charge in [-0.3, -0.25) is 0 Å². The predicted molar refractivity (Wildman–Crippen MR) is 84.1 cm³/mol. The van der Waals surface area contributed by atoms with Gasteiger partial charge < -0.3 is 10.1 Å². The molecular formula is C16H16FN5O. The van der Waals surface area contributed by atoms with Crippen LogP contribution in [0.25, 0.3) is 5.69 Å². The second kappa shape index (κ2) is 6.43. The number of benzene rings is 2. The van der Waals surface area contributed by atoms with Crippen LogP contribution in [0.3, 0.4) is 0 Å². The normalized spacial score (nSPS) is 12.0. The number of hydrogen-bond donors (Lipinski definition) is 1. The van der Waals surface area contributed by atoms with Gasteiger partial charge in [0, 0.05) is 0 Å². The number of ether oxygens (including phenoxy) is 1. The van der Waals surface area contributed by atoms with E-state index in [4.69, 9.17) is 4.74 Å². The molecule has 0 unspecified atom stereocenters. The minimum absolute atomic E-state index is 0.177. The fourth-order valence-corrected chi connectivity index (χ4v) is 2.25. The summed E-state index contributed by atoms with van der Waals surface area (Å²) in [5.74, 6) is 0.302. The zero-order valence-electron chi connectivity index (χ0n) is 12.8. The highest BCUT2D eigenvalue weighted by Crippen LogP contribution is 2.24. The van der Waals surface area contributed by atoms with E-state index in [9.17, 15) is 4.39 Å². The summed E-state index contributed by atoms with van der Waals surface area (Å²) in [4.78, 5) is 0. The second-order valence-electron chi connectivity index (χ2n) is 5.01. The molecule has 0 spiro atoms. The summed E-state index contributed by atoms with van der Waals surface area (Å²) in [6.45, 7) is 1.91. The lowest BCUT2D eigenvalue weighted by Gasteiger charge is -2.15. The van der Waals surface area contributed by atoms with Gasteiger partial charge in [0.05, 0.1) is 18.8 Å². The van der Waals surface area contributed by atoms with Gasteiger partial charge in [-0.25, -0.2) is 4.39 Å². The number of aromatic nitrogens is 4. The molecule has 3 aromatic rings. The Morgan fingerprint density at radius 1 is 1.17 bits per heavy atom. The molecule has 2 aromatic carbocycles. The highest BCUT2D eigenvalue weighted by atomic mass is 19.1. The van der Waals surface area contributed by atoms with Crippen molar-refractivity contribution >= 4 is 5.95 Å². The first-order valence-electron chi connectivity index (χ1n) is 7.13. The molecular weight excluding hydrogens is 297 g/mol. The molecule has 118 valence electrons. The molecule has 23 heavy (non-hydrogen) atoms. The topological polar surface area (TPSA) is 64.9 Å². The van der Waals surface area contributed by atoms with Crippen molar-refractivity contribution in [1.82, 2.24) is 20.2 Å². The summed E-state index contributed by atoms with van der Waals surface area (Å²) < 4.78 is 20.4. The molecule has 1 N–H and O–H groups in total. The third-order valence-electron chi connectivity index (χ3n) is 3.49. The van der Waals surface area contributed by atoms with E-state index in [1.807, 2.05) is 37.3 Å². The molecule has 1 atom stereocenters. The molecule has 0 radical (unpaired) electrons. The maximum Gasteiger partial charge on any atom is 0.248 e. The van der Waals surface area contributed by atoms with Crippen LogP contribution in [-0.4, -0.2) is 27.3 Å². The fraction of sp³-hybridized carbons (Fsp3) is 0.188. The van der Waals surface area contributed by atoms with Crippen LogP contribution in [0, 0.1) is 5.82 Å². The summed E-state index contributed by atoms with van der Waals surface area (Å²) >= 11 is 0. The number of nitrogens with one attached hydrogen (secondary N) is 1. The highest BCUT2D eigenvalue weighted by Gasteiger charge is 2.14. The number of hydrogen-bond acceptors (Lipinski definition) is 5. The molecule has 3 rings (SSSR count). The maximum atomic E-state index is 13.8. The SMILES string of the molecule is COc1ccc([C@H](C)Nc2nnnn2-c2ccccc2)cc1F. The Balaban J connectivity index is 1.83. The van der Waals surface area contributed by atoms with Gasteiger partial charge in [0.2, 0.25) is 5.95 Å². The van der Waals surface area contributed by atoms with Gasteiger partial charge in [-0.15, -0.1) is 0 Å². The first-order chi connectivity index (χ1) is 11.2. The van der Waals surface area contributed by atoms with Crippen LogP contribution in [0.4, 0.5) is 10.3 Å². The number of rotatable bonds is 5. The van der Waals surface area contributed by atoms with Gasteiger partial charge in [0.25, 0.3) is 0 Å². The van der Waals surface area contributed by atoms with Crippen LogP contribution in [0.5, 0.6) is 5.75 Å². The van der Waals surface area contributed by atoms with Crippen LogP contribution >= 0.6 is 0 Å². The summed E-state index contributed by atoms with van der Waals surface area (Å²) in [7, 11) is 1.44. The van der Waals surface area contributed by atoms with E-state index in [2.05, 4.69) is 20.8 Å². The lowest BCUT2D eigenvalue weighted by molar-refractivity contribution is 0.386.